The highest BCUT2D eigenvalue weighted by molar-refractivity contribution is 5.83. The van der Waals surface area contributed by atoms with E-state index in [0.717, 1.165) is 49.4 Å². The van der Waals surface area contributed by atoms with Crippen molar-refractivity contribution in [2.24, 2.45) is 52.3 Å². The summed E-state index contributed by atoms with van der Waals surface area (Å²) < 4.78 is 0. The summed E-state index contributed by atoms with van der Waals surface area (Å²) in [4.78, 5) is 13.2. The van der Waals surface area contributed by atoms with Crippen molar-refractivity contribution in [3.63, 3.8) is 0 Å². The molecule has 4 saturated carbocycles. The zero-order valence-corrected chi connectivity index (χ0v) is 19.0. The summed E-state index contributed by atoms with van der Waals surface area (Å²) in [6, 6.07) is 0. The Hall–Kier alpha value is -0.370. The summed E-state index contributed by atoms with van der Waals surface area (Å²) in [5.74, 6) is 5.18. The monoisotopic (exact) mass is 388 g/mol. The van der Waals surface area contributed by atoms with Gasteiger partial charge in [0, 0.05) is 12.3 Å². The van der Waals surface area contributed by atoms with Gasteiger partial charge in [-0.05, 0) is 91.3 Å². The second-order valence-corrected chi connectivity index (χ2v) is 12.2. The van der Waals surface area contributed by atoms with Gasteiger partial charge in [0.05, 0.1) is 6.10 Å². The summed E-state index contributed by atoms with van der Waals surface area (Å²) >= 11 is 0. The molecule has 0 amide bonds. The van der Waals surface area contributed by atoms with Crippen molar-refractivity contribution in [3.05, 3.63) is 0 Å². The average Bonchev–Trinajstić information content (AvgIpc) is 2.99. The van der Waals surface area contributed by atoms with E-state index < -0.39 is 0 Å². The van der Waals surface area contributed by atoms with Crippen LogP contribution in [0.15, 0.2) is 0 Å². The summed E-state index contributed by atoms with van der Waals surface area (Å²) in [7, 11) is 0. The molecule has 160 valence electrons. The highest BCUT2D eigenvalue weighted by Crippen LogP contribution is 2.67. The molecule has 2 nitrogen and oxygen atoms in total. The second-order valence-electron chi connectivity index (χ2n) is 12.2. The molecule has 9 atom stereocenters. The number of aliphatic hydroxyl groups is 1. The van der Waals surface area contributed by atoms with E-state index in [-0.39, 0.29) is 17.4 Å². The van der Waals surface area contributed by atoms with Crippen LogP contribution in [0.25, 0.3) is 0 Å². The van der Waals surface area contributed by atoms with E-state index >= 15 is 0 Å². The Labute approximate surface area is 173 Å². The number of aliphatic hydroxyl groups excluding tert-OH is 1. The van der Waals surface area contributed by atoms with E-state index in [0.29, 0.717) is 23.0 Å². The Morgan fingerprint density at radius 3 is 2.36 bits per heavy atom. The normalized spacial score (nSPS) is 49.5. The molecule has 4 rings (SSSR count). The second kappa shape index (κ2) is 7.40. The van der Waals surface area contributed by atoms with Crippen molar-refractivity contribution in [2.45, 2.75) is 105 Å². The van der Waals surface area contributed by atoms with Crippen molar-refractivity contribution in [1.29, 1.82) is 0 Å². The fraction of sp³-hybridized carbons (Fsp3) is 0.962. The van der Waals surface area contributed by atoms with Gasteiger partial charge in [0.1, 0.15) is 5.78 Å². The van der Waals surface area contributed by atoms with Gasteiger partial charge in [-0.1, -0.05) is 47.5 Å². The summed E-state index contributed by atoms with van der Waals surface area (Å²) in [5.41, 5.74) is 0.608. The summed E-state index contributed by atoms with van der Waals surface area (Å²) in [6.07, 6.45) is 11.4. The van der Waals surface area contributed by atoms with Gasteiger partial charge >= 0.3 is 0 Å². The van der Waals surface area contributed by atoms with E-state index in [9.17, 15) is 9.90 Å². The number of hydrogen-bond donors (Lipinski definition) is 1. The SMILES string of the molecule is CC(C)CC[C@@H](C)[C@H]1CC[C@H]2[C@@H]3CC(=O)[C@H]4C[C@H](O)CC[C@]4(C)[C@H]3CC[C@]12C. The first-order valence-corrected chi connectivity index (χ1v) is 12.4. The number of carbonyl (C=O) groups excluding carboxylic acids is 1. The minimum atomic E-state index is -0.245. The molecule has 2 heteroatoms. The lowest BCUT2D eigenvalue weighted by molar-refractivity contribution is -0.160. The maximum atomic E-state index is 13.2. The van der Waals surface area contributed by atoms with Gasteiger partial charge in [0.25, 0.3) is 0 Å². The molecule has 0 aromatic rings. The highest BCUT2D eigenvalue weighted by Gasteiger charge is 2.62. The molecular weight excluding hydrogens is 344 g/mol. The average molecular weight is 389 g/mol. The largest absolute Gasteiger partial charge is 0.393 e. The lowest BCUT2D eigenvalue weighted by atomic mass is 9.44. The first-order valence-electron chi connectivity index (χ1n) is 12.4. The predicted octanol–water partition coefficient (Wildman–Crippen LogP) is 6.26. The predicted molar refractivity (Wildman–Crippen MR) is 115 cm³/mol. The number of carbonyl (C=O) groups is 1. The zero-order valence-electron chi connectivity index (χ0n) is 19.0. The number of rotatable bonds is 4. The Kier molecular flexibility index (Phi) is 5.52. The van der Waals surface area contributed by atoms with E-state index in [1.807, 2.05) is 0 Å². The molecule has 0 heterocycles. The fourth-order valence-corrected chi connectivity index (χ4v) is 8.79. The summed E-state index contributed by atoms with van der Waals surface area (Å²) in [6.45, 7) is 12.2. The van der Waals surface area contributed by atoms with E-state index in [2.05, 4.69) is 34.6 Å². The van der Waals surface area contributed by atoms with Crippen molar-refractivity contribution in [1.82, 2.24) is 0 Å². The third kappa shape index (κ3) is 3.21. The summed E-state index contributed by atoms with van der Waals surface area (Å²) in [5, 5.41) is 10.2. The van der Waals surface area contributed by atoms with Crippen molar-refractivity contribution >= 4 is 5.78 Å². The molecule has 28 heavy (non-hydrogen) atoms. The molecule has 0 unspecified atom stereocenters. The molecule has 1 N–H and O–H groups in total. The Bertz CT molecular complexity index is 597. The van der Waals surface area contributed by atoms with Crippen molar-refractivity contribution in [2.75, 3.05) is 0 Å². The standard InChI is InChI=1S/C26H44O2/c1-16(2)6-7-17(3)20-8-9-21-19-15-24(28)23-14-18(27)10-12-26(23,5)22(19)11-13-25(20,21)4/h16-23,27H,6-15H2,1-5H3/t17-,18-,19+,20-,21+,22+,23-,25-,26-/m1/s1. The topological polar surface area (TPSA) is 37.3 Å². The third-order valence-electron chi connectivity index (χ3n) is 10.4. The smallest absolute Gasteiger partial charge is 0.136 e. The van der Waals surface area contributed by atoms with E-state index in [4.69, 9.17) is 0 Å². The molecule has 0 bridgehead atoms. The Morgan fingerprint density at radius 1 is 0.964 bits per heavy atom. The van der Waals surface area contributed by atoms with Crippen LogP contribution in [0.2, 0.25) is 0 Å². The molecule has 0 aliphatic heterocycles. The van der Waals surface area contributed by atoms with Gasteiger partial charge in [-0.3, -0.25) is 4.79 Å². The first kappa shape index (κ1) is 20.9. The van der Waals surface area contributed by atoms with Crippen LogP contribution >= 0.6 is 0 Å². The van der Waals surface area contributed by atoms with Crippen LogP contribution in [0.5, 0.6) is 0 Å². The first-order chi connectivity index (χ1) is 13.2. The van der Waals surface area contributed by atoms with Crippen LogP contribution in [0.3, 0.4) is 0 Å². The van der Waals surface area contributed by atoms with Gasteiger partial charge in [-0.2, -0.15) is 0 Å². The van der Waals surface area contributed by atoms with Crippen LogP contribution in [0, 0.1) is 52.3 Å². The highest BCUT2D eigenvalue weighted by atomic mass is 16.3. The minimum Gasteiger partial charge on any atom is -0.393 e. The van der Waals surface area contributed by atoms with Gasteiger partial charge in [-0.25, -0.2) is 0 Å². The molecule has 0 saturated heterocycles. The van der Waals surface area contributed by atoms with Gasteiger partial charge in [0.2, 0.25) is 0 Å². The molecular formula is C26H44O2. The van der Waals surface area contributed by atoms with E-state index in [1.165, 1.54) is 38.5 Å². The Morgan fingerprint density at radius 2 is 1.64 bits per heavy atom. The molecule has 0 aromatic heterocycles. The number of fused-ring (bicyclic) bond motifs is 5. The van der Waals surface area contributed by atoms with Crippen LogP contribution in [0.4, 0.5) is 0 Å². The minimum absolute atomic E-state index is 0.129. The maximum absolute atomic E-state index is 13.2. The maximum Gasteiger partial charge on any atom is 0.136 e. The molecule has 0 spiro atoms. The van der Waals surface area contributed by atoms with Crippen LogP contribution in [-0.2, 0) is 4.79 Å². The third-order valence-corrected chi connectivity index (χ3v) is 10.4. The quantitative estimate of drug-likeness (QED) is 0.617. The van der Waals surface area contributed by atoms with Crippen LogP contribution in [0.1, 0.15) is 98.8 Å². The molecule has 4 aliphatic rings. The van der Waals surface area contributed by atoms with Crippen molar-refractivity contribution < 1.29 is 9.90 Å². The number of hydrogen-bond acceptors (Lipinski definition) is 2. The van der Waals surface area contributed by atoms with Crippen LogP contribution < -0.4 is 0 Å². The number of ketones is 1. The van der Waals surface area contributed by atoms with Gasteiger partial charge in [0.15, 0.2) is 0 Å². The zero-order chi connectivity index (χ0) is 20.3. The van der Waals surface area contributed by atoms with E-state index in [1.54, 1.807) is 0 Å². The number of Topliss-reactive ketones (excluding diaryl/α,β-unsaturated/α-hetero) is 1. The lowest BCUT2D eigenvalue weighted by Gasteiger charge is -2.60. The molecule has 4 aliphatic carbocycles. The van der Waals surface area contributed by atoms with Gasteiger partial charge in [-0.15, -0.1) is 0 Å². The lowest BCUT2D eigenvalue weighted by Crippen LogP contribution is -2.57. The molecule has 0 radical (unpaired) electrons. The fourth-order valence-electron chi connectivity index (χ4n) is 8.79. The van der Waals surface area contributed by atoms with Crippen LogP contribution in [-0.4, -0.2) is 17.0 Å². The molecule has 0 aromatic carbocycles. The van der Waals surface area contributed by atoms with Crippen molar-refractivity contribution in [3.8, 4) is 0 Å². The van der Waals surface area contributed by atoms with Gasteiger partial charge < -0.3 is 5.11 Å². The Balaban J connectivity index is 1.55. The molecule has 4 fully saturated rings.